The van der Waals surface area contributed by atoms with E-state index in [2.05, 4.69) is 60.4 Å². The quantitative estimate of drug-likeness (QED) is 0.780. The molecule has 1 heterocycles. The molecule has 0 amide bonds. The van der Waals surface area contributed by atoms with E-state index >= 15 is 0 Å². The second-order valence-electron chi connectivity index (χ2n) is 5.50. The molecule has 0 fully saturated rings. The molecule has 0 N–H and O–H groups in total. The molecule has 0 atom stereocenters. The topological polar surface area (TPSA) is 3.24 Å². The summed E-state index contributed by atoms with van der Waals surface area (Å²) in [5.74, 6) is 0. The third-order valence-corrected chi connectivity index (χ3v) is 5.43. The predicted octanol–water partition coefficient (Wildman–Crippen LogP) is 2.46. The highest BCUT2D eigenvalue weighted by molar-refractivity contribution is 6.68. The van der Waals surface area contributed by atoms with Gasteiger partial charge in [0.15, 0.2) is 0 Å². The zero-order valence-corrected chi connectivity index (χ0v) is 13.1. The van der Waals surface area contributed by atoms with Crippen LogP contribution in [0.4, 0.5) is 0 Å². The van der Waals surface area contributed by atoms with Crippen LogP contribution >= 0.6 is 0 Å². The van der Waals surface area contributed by atoms with Gasteiger partial charge in [0.05, 0.1) is 0 Å². The SMILES string of the molecule is CCCCN1Cc2ccccc2[Si]c2ccccc2C1. The van der Waals surface area contributed by atoms with Gasteiger partial charge in [-0.2, -0.15) is 0 Å². The first-order valence-corrected chi connectivity index (χ1v) is 8.52. The van der Waals surface area contributed by atoms with Crippen molar-refractivity contribution < 1.29 is 0 Å². The highest BCUT2D eigenvalue weighted by Gasteiger charge is 2.16. The second-order valence-corrected chi connectivity index (χ2v) is 6.83. The number of hydrogen-bond donors (Lipinski definition) is 0. The number of unbranched alkanes of at least 4 members (excludes halogenated alkanes) is 1. The van der Waals surface area contributed by atoms with Crippen molar-refractivity contribution in [3.8, 4) is 0 Å². The molecule has 102 valence electrons. The molecule has 0 saturated carbocycles. The predicted molar refractivity (Wildman–Crippen MR) is 86.9 cm³/mol. The summed E-state index contributed by atoms with van der Waals surface area (Å²) in [6, 6.07) is 17.9. The molecule has 0 spiro atoms. The summed E-state index contributed by atoms with van der Waals surface area (Å²) in [7, 11) is 0.798. The Bertz CT molecular complexity index is 532. The third-order valence-electron chi connectivity index (χ3n) is 3.92. The van der Waals surface area contributed by atoms with Crippen molar-refractivity contribution in [2.75, 3.05) is 6.54 Å². The first-order chi connectivity index (χ1) is 9.86. The fourth-order valence-corrected chi connectivity index (χ4v) is 4.08. The molecular formula is C18H21NSi. The van der Waals surface area contributed by atoms with Crippen LogP contribution in [0.1, 0.15) is 30.9 Å². The van der Waals surface area contributed by atoms with E-state index in [1.165, 1.54) is 40.9 Å². The van der Waals surface area contributed by atoms with Crippen LogP contribution in [0.25, 0.3) is 0 Å². The first-order valence-electron chi connectivity index (χ1n) is 7.52. The summed E-state index contributed by atoms with van der Waals surface area (Å²) in [6.07, 6.45) is 2.55. The van der Waals surface area contributed by atoms with Crippen molar-refractivity contribution in [1.29, 1.82) is 0 Å². The van der Waals surface area contributed by atoms with Gasteiger partial charge in [-0.1, -0.05) is 72.2 Å². The fourth-order valence-electron chi connectivity index (χ4n) is 2.78. The van der Waals surface area contributed by atoms with Crippen molar-refractivity contribution in [1.82, 2.24) is 4.90 Å². The molecule has 1 nitrogen and oxygen atoms in total. The van der Waals surface area contributed by atoms with E-state index in [1.807, 2.05) is 0 Å². The van der Waals surface area contributed by atoms with E-state index in [0.717, 1.165) is 22.6 Å². The van der Waals surface area contributed by atoms with Crippen LogP contribution in [-0.4, -0.2) is 21.0 Å². The summed E-state index contributed by atoms with van der Waals surface area (Å²) in [6.45, 7) is 5.66. The Balaban J connectivity index is 1.96. The average molecular weight is 279 g/mol. The van der Waals surface area contributed by atoms with Gasteiger partial charge in [-0.3, -0.25) is 4.90 Å². The summed E-state index contributed by atoms with van der Waals surface area (Å²) in [4.78, 5) is 2.60. The Morgan fingerprint density at radius 2 is 1.45 bits per heavy atom. The van der Waals surface area contributed by atoms with Crippen molar-refractivity contribution in [2.24, 2.45) is 0 Å². The Hall–Kier alpha value is -1.38. The van der Waals surface area contributed by atoms with Crippen LogP contribution in [-0.2, 0) is 13.1 Å². The van der Waals surface area contributed by atoms with Gasteiger partial charge < -0.3 is 0 Å². The van der Waals surface area contributed by atoms with E-state index in [1.54, 1.807) is 0 Å². The van der Waals surface area contributed by atoms with Crippen LogP contribution in [0.3, 0.4) is 0 Å². The van der Waals surface area contributed by atoms with Gasteiger partial charge in [0.1, 0.15) is 9.52 Å². The van der Waals surface area contributed by atoms with E-state index in [0.29, 0.717) is 0 Å². The molecule has 2 aromatic carbocycles. The number of hydrogen-bond acceptors (Lipinski definition) is 1. The highest BCUT2D eigenvalue weighted by atomic mass is 28.2. The molecule has 2 heteroatoms. The summed E-state index contributed by atoms with van der Waals surface area (Å²) >= 11 is 0. The largest absolute Gasteiger partial charge is 0.295 e. The van der Waals surface area contributed by atoms with E-state index in [4.69, 9.17) is 0 Å². The normalized spacial score (nSPS) is 15.1. The van der Waals surface area contributed by atoms with Crippen LogP contribution < -0.4 is 10.4 Å². The molecule has 20 heavy (non-hydrogen) atoms. The van der Waals surface area contributed by atoms with Gasteiger partial charge in [-0.25, -0.2) is 0 Å². The minimum atomic E-state index is 0.798. The summed E-state index contributed by atoms with van der Waals surface area (Å²) < 4.78 is 0. The fraction of sp³-hybridized carbons (Fsp3) is 0.333. The molecule has 0 aromatic heterocycles. The molecule has 2 radical (unpaired) electrons. The molecule has 3 rings (SSSR count). The molecule has 0 aliphatic carbocycles. The van der Waals surface area contributed by atoms with Gasteiger partial charge in [-0.15, -0.1) is 0 Å². The van der Waals surface area contributed by atoms with E-state index in [-0.39, 0.29) is 0 Å². The Morgan fingerprint density at radius 3 is 2.00 bits per heavy atom. The number of nitrogens with zero attached hydrogens (tertiary/aromatic N) is 1. The Morgan fingerprint density at radius 1 is 0.900 bits per heavy atom. The van der Waals surface area contributed by atoms with Gasteiger partial charge in [0.2, 0.25) is 0 Å². The van der Waals surface area contributed by atoms with Crippen LogP contribution in [0.5, 0.6) is 0 Å². The molecule has 1 aliphatic heterocycles. The summed E-state index contributed by atoms with van der Waals surface area (Å²) in [5, 5.41) is 3.03. The maximum Gasteiger partial charge on any atom is 0.122 e. The lowest BCUT2D eigenvalue weighted by Gasteiger charge is -2.27. The summed E-state index contributed by atoms with van der Waals surface area (Å²) in [5.41, 5.74) is 3.02. The number of benzene rings is 2. The standard InChI is InChI=1S/C18H21NSi/c1-2-3-12-19-13-15-8-4-6-10-17(15)20-18-11-7-5-9-16(18)14-19/h4-11H,2-3,12-14H2,1H3. The van der Waals surface area contributed by atoms with Crippen LogP contribution in [0, 0.1) is 0 Å². The smallest absolute Gasteiger partial charge is 0.122 e. The lowest BCUT2D eigenvalue weighted by molar-refractivity contribution is 0.253. The van der Waals surface area contributed by atoms with E-state index in [9.17, 15) is 0 Å². The molecular weight excluding hydrogens is 258 g/mol. The molecule has 0 bridgehead atoms. The maximum atomic E-state index is 2.60. The van der Waals surface area contributed by atoms with Crippen molar-refractivity contribution in [3.05, 3.63) is 59.7 Å². The average Bonchev–Trinajstić information content (AvgIpc) is 2.46. The van der Waals surface area contributed by atoms with Crippen LogP contribution in [0.15, 0.2) is 48.5 Å². The van der Waals surface area contributed by atoms with Crippen molar-refractivity contribution in [3.63, 3.8) is 0 Å². The number of rotatable bonds is 3. The third kappa shape index (κ3) is 3.02. The van der Waals surface area contributed by atoms with Gasteiger partial charge in [0, 0.05) is 13.1 Å². The lowest BCUT2D eigenvalue weighted by atomic mass is 10.1. The van der Waals surface area contributed by atoms with Crippen molar-refractivity contribution >= 4 is 19.9 Å². The first kappa shape index (κ1) is 13.6. The lowest BCUT2D eigenvalue weighted by Crippen LogP contribution is -2.39. The minimum Gasteiger partial charge on any atom is -0.295 e. The van der Waals surface area contributed by atoms with Crippen LogP contribution in [0.2, 0.25) is 0 Å². The van der Waals surface area contributed by atoms with Gasteiger partial charge in [0.25, 0.3) is 0 Å². The zero-order valence-electron chi connectivity index (χ0n) is 12.1. The van der Waals surface area contributed by atoms with Gasteiger partial charge >= 0.3 is 0 Å². The van der Waals surface area contributed by atoms with Crippen molar-refractivity contribution in [2.45, 2.75) is 32.9 Å². The maximum absolute atomic E-state index is 2.60. The van der Waals surface area contributed by atoms with Gasteiger partial charge in [-0.05, 0) is 24.1 Å². The monoisotopic (exact) mass is 279 g/mol. The Kier molecular flexibility index (Phi) is 4.33. The minimum absolute atomic E-state index is 0.798. The molecule has 1 aliphatic rings. The Labute approximate surface area is 124 Å². The zero-order chi connectivity index (χ0) is 13.8. The molecule has 2 aromatic rings. The highest BCUT2D eigenvalue weighted by Crippen LogP contribution is 2.11. The van der Waals surface area contributed by atoms with E-state index < -0.39 is 0 Å². The second kappa shape index (κ2) is 6.38. The molecule has 0 saturated heterocycles. The molecule has 0 unspecified atom stereocenters. The number of fused-ring (bicyclic) bond motifs is 2.